The maximum Gasteiger partial charge on any atom is 0.258 e. The van der Waals surface area contributed by atoms with E-state index >= 15 is 0 Å². The average molecular weight is 376 g/mol. The van der Waals surface area contributed by atoms with E-state index in [1.54, 1.807) is 38.6 Å². The normalized spacial score (nSPS) is 11.0. The minimum atomic E-state index is -0.203. The van der Waals surface area contributed by atoms with Gasteiger partial charge in [0.15, 0.2) is 0 Å². The van der Waals surface area contributed by atoms with Crippen LogP contribution in [0, 0.1) is 6.92 Å². The van der Waals surface area contributed by atoms with Crippen LogP contribution in [0.3, 0.4) is 0 Å². The molecule has 0 spiro atoms. The van der Waals surface area contributed by atoms with Crippen LogP contribution in [0.15, 0.2) is 53.7 Å². The van der Waals surface area contributed by atoms with Gasteiger partial charge in [0.25, 0.3) is 5.56 Å². The van der Waals surface area contributed by atoms with Crippen molar-refractivity contribution in [3.8, 4) is 17.3 Å². The standard InChI is InChI=1S/C21H20N4O3/c1-13-6-7-25(12-13)20-10-18(28-3)14(11-22-20)8-19-23-17-5-4-15(27-2)9-16(17)21(26)24-19/h4-7,9-12H,8H2,1-3H3,(H,23,24,26). The van der Waals surface area contributed by atoms with Crippen molar-refractivity contribution in [1.29, 1.82) is 0 Å². The smallest absolute Gasteiger partial charge is 0.258 e. The van der Waals surface area contributed by atoms with E-state index in [1.165, 1.54) is 0 Å². The van der Waals surface area contributed by atoms with E-state index in [0.29, 0.717) is 34.6 Å². The molecule has 0 atom stereocenters. The molecule has 0 radical (unpaired) electrons. The Balaban J connectivity index is 1.69. The van der Waals surface area contributed by atoms with Crippen LogP contribution in [-0.2, 0) is 6.42 Å². The second-order valence-electron chi connectivity index (χ2n) is 6.52. The molecule has 0 aliphatic heterocycles. The Labute approximate surface area is 161 Å². The van der Waals surface area contributed by atoms with Crippen molar-refractivity contribution in [1.82, 2.24) is 19.5 Å². The lowest BCUT2D eigenvalue weighted by Gasteiger charge is -2.11. The second-order valence-corrected chi connectivity index (χ2v) is 6.52. The summed E-state index contributed by atoms with van der Waals surface area (Å²) in [6.45, 7) is 2.03. The maximum absolute atomic E-state index is 12.5. The van der Waals surface area contributed by atoms with E-state index in [4.69, 9.17) is 9.47 Å². The Kier molecular flexibility index (Phi) is 4.57. The third-order valence-corrected chi connectivity index (χ3v) is 4.57. The summed E-state index contributed by atoms with van der Waals surface area (Å²) in [5.41, 5.74) is 2.40. The summed E-state index contributed by atoms with van der Waals surface area (Å²) < 4.78 is 12.7. The number of pyridine rings is 1. The van der Waals surface area contributed by atoms with Crippen molar-refractivity contribution >= 4 is 10.9 Å². The molecular formula is C21H20N4O3. The van der Waals surface area contributed by atoms with E-state index < -0.39 is 0 Å². The number of ether oxygens (including phenoxy) is 2. The highest BCUT2D eigenvalue weighted by Crippen LogP contribution is 2.23. The van der Waals surface area contributed by atoms with Gasteiger partial charge in [-0.3, -0.25) is 4.79 Å². The number of hydrogen-bond donors (Lipinski definition) is 1. The molecule has 4 rings (SSSR count). The second kappa shape index (κ2) is 7.19. The van der Waals surface area contributed by atoms with Gasteiger partial charge in [0, 0.05) is 36.6 Å². The third kappa shape index (κ3) is 3.34. The van der Waals surface area contributed by atoms with Gasteiger partial charge in [-0.25, -0.2) is 9.97 Å². The Morgan fingerprint density at radius 3 is 2.71 bits per heavy atom. The molecule has 142 valence electrons. The van der Waals surface area contributed by atoms with Crippen LogP contribution in [-0.4, -0.2) is 33.7 Å². The zero-order valence-corrected chi connectivity index (χ0v) is 15.9. The molecule has 4 aromatic rings. The van der Waals surface area contributed by atoms with Crippen molar-refractivity contribution in [3.63, 3.8) is 0 Å². The van der Waals surface area contributed by atoms with Gasteiger partial charge in [0.05, 0.1) is 25.1 Å². The molecule has 0 saturated carbocycles. The molecule has 28 heavy (non-hydrogen) atoms. The van der Waals surface area contributed by atoms with Gasteiger partial charge in [-0.2, -0.15) is 0 Å². The average Bonchev–Trinajstić information content (AvgIpc) is 3.14. The summed E-state index contributed by atoms with van der Waals surface area (Å²) in [5.74, 6) is 2.62. The topological polar surface area (TPSA) is 82.0 Å². The molecule has 0 unspecified atom stereocenters. The summed E-state index contributed by atoms with van der Waals surface area (Å²) in [6.07, 6.45) is 6.10. The molecule has 0 bridgehead atoms. The summed E-state index contributed by atoms with van der Waals surface area (Å²) in [4.78, 5) is 24.4. The zero-order valence-electron chi connectivity index (χ0n) is 15.9. The summed E-state index contributed by atoms with van der Waals surface area (Å²) in [6, 6.07) is 9.13. The Morgan fingerprint density at radius 2 is 2.00 bits per heavy atom. The van der Waals surface area contributed by atoms with Crippen LogP contribution in [0.5, 0.6) is 11.5 Å². The number of rotatable bonds is 5. The third-order valence-electron chi connectivity index (χ3n) is 4.57. The van der Waals surface area contributed by atoms with Crippen LogP contribution >= 0.6 is 0 Å². The highest BCUT2D eigenvalue weighted by molar-refractivity contribution is 5.79. The summed E-state index contributed by atoms with van der Waals surface area (Å²) in [7, 11) is 3.18. The van der Waals surface area contributed by atoms with Crippen molar-refractivity contribution < 1.29 is 9.47 Å². The van der Waals surface area contributed by atoms with Crippen molar-refractivity contribution in [2.45, 2.75) is 13.3 Å². The highest BCUT2D eigenvalue weighted by atomic mass is 16.5. The summed E-state index contributed by atoms with van der Waals surface area (Å²) >= 11 is 0. The molecule has 3 aromatic heterocycles. The molecule has 7 heteroatoms. The Morgan fingerprint density at radius 1 is 1.14 bits per heavy atom. The lowest BCUT2D eigenvalue weighted by molar-refractivity contribution is 0.409. The van der Waals surface area contributed by atoms with Gasteiger partial charge in [0.2, 0.25) is 0 Å². The van der Waals surface area contributed by atoms with Crippen LogP contribution in [0.4, 0.5) is 0 Å². The molecule has 0 aliphatic carbocycles. The van der Waals surface area contributed by atoms with E-state index in [1.807, 2.05) is 36.0 Å². The first kappa shape index (κ1) is 17.8. The molecule has 7 nitrogen and oxygen atoms in total. The first-order valence-electron chi connectivity index (χ1n) is 8.82. The van der Waals surface area contributed by atoms with Crippen molar-refractivity contribution in [3.05, 3.63) is 76.2 Å². The van der Waals surface area contributed by atoms with Crippen LogP contribution in [0.1, 0.15) is 17.0 Å². The number of methoxy groups -OCH3 is 2. The van der Waals surface area contributed by atoms with Gasteiger partial charge in [0.1, 0.15) is 23.1 Å². The fraction of sp³-hybridized carbons (Fsp3) is 0.190. The van der Waals surface area contributed by atoms with Gasteiger partial charge >= 0.3 is 0 Å². The molecule has 0 fully saturated rings. The van der Waals surface area contributed by atoms with E-state index in [9.17, 15) is 4.79 Å². The number of fused-ring (bicyclic) bond motifs is 1. The molecule has 0 saturated heterocycles. The van der Waals surface area contributed by atoms with E-state index in [2.05, 4.69) is 15.0 Å². The van der Waals surface area contributed by atoms with Gasteiger partial charge in [-0.05, 0) is 36.8 Å². The number of aryl methyl sites for hydroxylation is 1. The van der Waals surface area contributed by atoms with Crippen LogP contribution < -0.4 is 15.0 Å². The fourth-order valence-corrected chi connectivity index (χ4v) is 3.12. The number of H-pyrrole nitrogens is 1. The Hall–Kier alpha value is -3.61. The largest absolute Gasteiger partial charge is 0.497 e. The molecule has 0 amide bonds. The number of benzene rings is 1. The number of hydrogen-bond acceptors (Lipinski definition) is 5. The Bertz CT molecular complexity index is 1210. The number of nitrogens with one attached hydrogen (secondary N) is 1. The lowest BCUT2D eigenvalue weighted by Crippen LogP contribution is -2.13. The van der Waals surface area contributed by atoms with E-state index in [0.717, 1.165) is 16.9 Å². The minimum Gasteiger partial charge on any atom is -0.497 e. The predicted octanol–water partition coefficient (Wildman–Crippen LogP) is 3.03. The van der Waals surface area contributed by atoms with Crippen molar-refractivity contribution in [2.75, 3.05) is 14.2 Å². The number of nitrogens with zero attached hydrogens (tertiary/aromatic N) is 3. The van der Waals surface area contributed by atoms with Gasteiger partial charge < -0.3 is 19.0 Å². The van der Waals surface area contributed by atoms with E-state index in [-0.39, 0.29) is 5.56 Å². The minimum absolute atomic E-state index is 0.203. The molecule has 1 aromatic carbocycles. The number of aromatic nitrogens is 4. The molecular weight excluding hydrogens is 356 g/mol. The first-order valence-corrected chi connectivity index (χ1v) is 8.82. The monoisotopic (exact) mass is 376 g/mol. The number of aromatic amines is 1. The van der Waals surface area contributed by atoms with Gasteiger partial charge in [-0.1, -0.05) is 0 Å². The quantitative estimate of drug-likeness (QED) is 0.579. The van der Waals surface area contributed by atoms with Crippen molar-refractivity contribution in [2.24, 2.45) is 0 Å². The molecule has 0 aliphatic rings. The molecule has 1 N–H and O–H groups in total. The van der Waals surface area contributed by atoms with Crippen LogP contribution in [0.2, 0.25) is 0 Å². The highest BCUT2D eigenvalue weighted by Gasteiger charge is 2.11. The maximum atomic E-state index is 12.5. The first-order chi connectivity index (χ1) is 13.6. The van der Waals surface area contributed by atoms with Gasteiger partial charge in [-0.15, -0.1) is 0 Å². The lowest BCUT2D eigenvalue weighted by atomic mass is 10.1. The SMILES string of the molecule is COc1ccc2nc(Cc3cnc(-n4ccc(C)c4)cc3OC)[nH]c(=O)c2c1. The predicted molar refractivity (Wildman–Crippen MR) is 107 cm³/mol. The zero-order chi connectivity index (χ0) is 19.7. The van der Waals surface area contributed by atoms with Crippen LogP contribution in [0.25, 0.3) is 16.7 Å². The molecule has 3 heterocycles. The summed E-state index contributed by atoms with van der Waals surface area (Å²) in [5, 5.41) is 0.492. The fourth-order valence-electron chi connectivity index (χ4n) is 3.12.